The Balaban J connectivity index is 1.48. The number of rotatable bonds is 7. The summed E-state index contributed by atoms with van der Waals surface area (Å²) in [4.78, 5) is 39.1. The van der Waals surface area contributed by atoms with Crippen LogP contribution in [0.4, 0.5) is 39.3 Å². The molecule has 4 atom stereocenters. The van der Waals surface area contributed by atoms with E-state index < -0.39 is 60.8 Å². The second-order valence-electron chi connectivity index (χ2n) is 11.0. The molecule has 234 valence electrons. The van der Waals surface area contributed by atoms with Gasteiger partial charge in [-0.15, -0.1) is 0 Å². The Morgan fingerprint density at radius 1 is 1.16 bits per heavy atom. The molecule has 0 bridgehead atoms. The highest BCUT2D eigenvalue weighted by molar-refractivity contribution is 5.98. The van der Waals surface area contributed by atoms with Crippen molar-refractivity contribution in [1.82, 2.24) is 20.2 Å². The third-order valence-corrected chi connectivity index (χ3v) is 8.38. The molecular weight excluding hydrogens is 577 g/mol. The first-order valence-corrected chi connectivity index (χ1v) is 14.2. The number of alkyl halides is 4. The standard InChI is InChI=1S/C28H34F5N7O3/c1-3-38(2)24-15-40(14-21(24)30)23-10-20(29)17(16-11-35-27(36-12-16)39-4-6-43-7-5-39)8-22(23)37-26(42)18-13-34-25(41)9-19(18)28(31,32)33/h8,10-12,18-19,21,24H,3-7,9,13-15H2,1-2H3,(H,34,41)(H,37,42)/t18?,19?,21-,24-/m1/s1. The number of carbonyl (C=O) groups is 2. The van der Waals surface area contributed by atoms with Crippen molar-refractivity contribution in [2.45, 2.75) is 31.7 Å². The molecule has 0 aliphatic carbocycles. The second kappa shape index (κ2) is 12.6. The summed E-state index contributed by atoms with van der Waals surface area (Å²) in [6.07, 6.45) is -4.09. The molecule has 2 unspecified atom stereocenters. The van der Waals surface area contributed by atoms with Crippen LogP contribution in [0.3, 0.4) is 0 Å². The van der Waals surface area contributed by atoms with Gasteiger partial charge in [0.05, 0.1) is 49.0 Å². The fourth-order valence-electron chi connectivity index (χ4n) is 5.75. The van der Waals surface area contributed by atoms with Crippen LogP contribution in [0.15, 0.2) is 24.5 Å². The Morgan fingerprint density at radius 2 is 1.86 bits per heavy atom. The van der Waals surface area contributed by atoms with Crippen molar-refractivity contribution in [2.75, 3.05) is 74.6 Å². The summed E-state index contributed by atoms with van der Waals surface area (Å²) in [5.41, 5.74) is 0.445. The van der Waals surface area contributed by atoms with Crippen LogP contribution in [0, 0.1) is 17.7 Å². The summed E-state index contributed by atoms with van der Waals surface area (Å²) in [7, 11) is 1.77. The van der Waals surface area contributed by atoms with Gasteiger partial charge in [0.15, 0.2) is 0 Å². The number of hydrogen-bond acceptors (Lipinski definition) is 8. The molecule has 2 aromatic rings. The molecule has 3 aliphatic rings. The van der Waals surface area contributed by atoms with Gasteiger partial charge in [0.25, 0.3) is 0 Å². The number of morpholine rings is 1. The van der Waals surface area contributed by atoms with Gasteiger partial charge in [-0.3, -0.25) is 14.5 Å². The van der Waals surface area contributed by atoms with Gasteiger partial charge in [0, 0.05) is 56.1 Å². The molecule has 1 aromatic carbocycles. The first-order chi connectivity index (χ1) is 20.5. The zero-order valence-corrected chi connectivity index (χ0v) is 23.8. The lowest BCUT2D eigenvalue weighted by Crippen LogP contribution is -2.50. The van der Waals surface area contributed by atoms with Gasteiger partial charge in [-0.25, -0.2) is 18.7 Å². The van der Waals surface area contributed by atoms with Crippen molar-refractivity contribution in [3.05, 3.63) is 30.3 Å². The number of benzene rings is 1. The van der Waals surface area contributed by atoms with E-state index in [9.17, 15) is 22.8 Å². The lowest BCUT2D eigenvalue weighted by Gasteiger charge is -2.32. The van der Waals surface area contributed by atoms with Gasteiger partial charge in [0.2, 0.25) is 17.8 Å². The summed E-state index contributed by atoms with van der Waals surface area (Å²) < 4.78 is 77.5. The SMILES string of the molecule is CCN(C)[C@@H]1CN(c2cc(F)c(-c3cnc(N4CCOCC4)nc3)cc2NC(=O)C2CNC(=O)CC2C(F)(F)F)C[C@H]1F. The minimum atomic E-state index is -4.79. The Hall–Kier alpha value is -3.59. The Morgan fingerprint density at radius 3 is 2.51 bits per heavy atom. The Labute approximate surface area is 245 Å². The highest BCUT2D eigenvalue weighted by Gasteiger charge is 2.50. The molecule has 3 aliphatic heterocycles. The predicted octanol–water partition coefficient (Wildman–Crippen LogP) is 2.85. The maximum atomic E-state index is 15.7. The third-order valence-electron chi connectivity index (χ3n) is 8.38. The molecular formula is C28H34F5N7O3. The monoisotopic (exact) mass is 611 g/mol. The van der Waals surface area contributed by atoms with E-state index >= 15 is 8.78 Å². The summed E-state index contributed by atoms with van der Waals surface area (Å²) in [5.74, 6) is -5.84. The largest absolute Gasteiger partial charge is 0.393 e. The molecule has 43 heavy (non-hydrogen) atoms. The van der Waals surface area contributed by atoms with Crippen molar-refractivity contribution in [3.63, 3.8) is 0 Å². The minimum Gasteiger partial charge on any atom is -0.378 e. The highest BCUT2D eigenvalue weighted by Crippen LogP contribution is 2.40. The smallest absolute Gasteiger partial charge is 0.378 e. The van der Waals surface area contributed by atoms with E-state index in [4.69, 9.17) is 4.74 Å². The molecule has 3 saturated heterocycles. The predicted molar refractivity (Wildman–Crippen MR) is 149 cm³/mol. The molecule has 5 rings (SSSR count). The van der Waals surface area contributed by atoms with Crippen molar-refractivity contribution < 1.29 is 36.3 Å². The molecule has 3 fully saturated rings. The summed E-state index contributed by atoms with van der Waals surface area (Å²) in [6, 6.07) is 1.95. The molecule has 4 heterocycles. The van der Waals surface area contributed by atoms with Gasteiger partial charge in [-0.2, -0.15) is 13.2 Å². The van der Waals surface area contributed by atoms with E-state index in [1.54, 1.807) is 11.9 Å². The van der Waals surface area contributed by atoms with Gasteiger partial charge in [-0.1, -0.05) is 6.92 Å². The number of ether oxygens (including phenoxy) is 1. The topological polar surface area (TPSA) is 103 Å². The zero-order valence-electron chi connectivity index (χ0n) is 23.8. The maximum absolute atomic E-state index is 15.7. The number of nitrogens with zero attached hydrogens (tertiary/aromatic N) is 5. The van der Waals surface area contributed by atoms with E-state index in [0.29, 0.717) is 38.8 Å². The molecule has 10 nitrogen and oxygen atoms in total. The van der Waals surface area contributed by atoms with Gasteiger partial charge >= 0.3 is 6.18 Å². The summed E-state index contributed by atoms with van der Waals surface area (Å²) in [5, 5.41) is 4.88. The number of nitrogens with one attached hydrogen (secondary N) is 2. The van der Waals surface area contributed by atoms with Crippen LogP contribution in [0.1, 0.15) is 13.3 Å². The van der Waals surface area contributed by atoms with Crippen molar-refractivity contribution in [2.24, 2.45) is 11.8 Å². The average molecular weight is 612 g/mol. The van der Waals surface area contributed by atoms with E-state index in [0.717, 1.165) is 6.07 Å². The average Bonchev–Trinajstić information content (AvgIpc) is 3.38. The normalized spacial score (nSPS) is 24.8. The van der Waals surface area contributed by atoms with E-state index in [-0.39, 0.29) is 35.6 Å². The van der Waals surface area contributed by atoms with Crippen LogP contribution in [0.25, 0.3) is 11.1 Å². The van der Waals surface area contributed by atoms with Gasteiger partial charge < -0.3 is 25.2 Å². The highest BCUT2D eigenvalue weighted by atomic mass is 19.4. The number of halogens is 5. The molecule has 2 amide bonds. The lowest BCUT2D eigenvalue weighted by molar-refractivity contribution is -0.197. The van der Waals surface area contributed by atoms with E-state index in [2.05, 4.69) is 20.6 Å². The van der Waals surface area contributed by atoms with Crippen LogP contribution < -0.4 is 20.4 Å². The fourth-order valence-corrected chi connectivity index (χ4v) is 5.75. The quantitative estimate of drug-likeness (QED) is 0.461. The number of piperidine rings is 1. The Kier molecular flexibility index (Phi) is 9.02. The fraction of sp³-hybridized carbons (Fsp3) is 0.571. The first-order valence-electron chi connectivity index (χ1n) is 14.2. The number of likely N-dealkylation sites (N-methyl/N-ethyl adjacent to an activating group) is 1. The van der Waals surface area contributed by atoms with Crippen LogP contribution in [-0.2, 0) is 14.3 Å². The van der Waals surface area contributed by atoms with Crippen LogP contribution >= 0.6 is 0 Å². The van der Waals surface area contributed by atoms with Crippen LogP contribution in [-0.4, -0.2) is 105 Å². The lowest BCUT2D eigenvalue weighted by atomic mass is 9.84. The van der Waals surface area contributed by atoms with Gasteiger partial charge in [-0.05, 0) is 25.7 Å². The van der Waals surface area contributed by atoms with Crippen molar-refractivity contribution >= 4 is 29.1 Å². The molecule has 1 aromatic heterocycles. The van der Waals surface area contributed by atoms with E-state index in [1.807, 2.05) is 16.7 Å². The molecule has 15 heteroatoms. The number of carbonyl (C=O) groups excluding carboxylic acids is 2. The van der Waals surface area contributed by atoms with Crippen LogP contribution in [0.2, 0.25) is 0 Å². The minimum absolute atomic E-state index is 0.00937. The molecule has 0 saturated carbocycles. The van der Waals surface area contributed by atoms with Crippen molar-refractivity contribution in [1.29, 1.82) is 0 Å². The Bertz CT molecular complexity index is 1320. The number of anilines is 3. The van der Waals surface area contributed by atoms with Crippen molar-refractivity contribution in [3.8, 4) is 11.1 Å². The first kappa shape index (κ1) is 30.9. The van der Waals surface area contributed by atoms with Crippen LogP contribution in [0.5, 0.6) is 0 Å². The molecule has 2 N–H and O–H groups in total. The molecule has 0 spiro atoms. The van der Waals surface area contributed by atoms with Gasteiger partial charge in [0.1, 0.15) is 12.0 Å². The third kappa shape index (κ3) is 6.66. The second-order valence-corrected chi connectivity index (χ2v) is 11.0. The molecule has 0 radical (unpaired) electrons. The number of amides is 2. The number of hydrogen-bond donors (Lipinski definition) is 2. The maximum Gasteiger partial charge on any atom is 0.393 e. The zero-order chi connectivity index (χ0) is 30.9. The number of aromatic nitrogens is 2. The summed E-state index contributed by atoms with van der Waals surface area (Å²) >= 11 is 0. The summed E-state index contributed by atoms with van der Waals surface area (Å²) in [6.45, 7) is 4.26. The van der Waals surface area contributed by atoms with E-state index in [1.165, 1.54) is 18.5 Å².